The molecule has 2 amide bonds. The Morgan fingerprint density at radius 2 is 2.00 bits per heavy atom. The summed E-state index contributed by atoms with van der Waals surface area (Å²) in [7, 11) is 1.68. The Hall–Kier alpha value is -3.20. The molecule has 0 unspecified atom stereocenters. The molecule has 3 aromatic rings. The van der Waals surface area contributed by atoms with Crippen LogP contribution < -0.4 is 9.64 Å². The van der Waals surface area contributed by atoms with E-state index in [4.69, 9.17) is 4.74 Å². The molecule has 0 aliphatic carbocycles. The van der Waals surface area contributed by atoms with E-state index in [0.717, 1.165) is 15.7 Å². The molecule has 0 saturated carbocycles. The number of nitrogens with zero attached hydrogens (tertiary/aromatic N) is 4. The highest BCUT2D eigenvalue weighted by molar-refractivity contribution is 9.10. The molecule has 0 radical (unpaired) electrons. The van der Waals surface area contributed by atoms with Crippen LogP contribution in [0.15, 0.2) is 46.9 Å². The highest BCUT2D eigenvalue weighted by Crippen LogP contribution is 2.35. The van der Waals surface area contributed by atoms with E-state index in [9.17, 15) is 14.0 Å². The number of likely N-dealkylation sites (N-methyl/N-ethyl adjacent to an activating group) is 1. The number of ether oxygens (including phenoxy) is 1. The van der Waals surface area contributed by atoms with Crippen LogP contribution in [0.1, 0.15) is 27.3 Å². The average Bonchev–Trinajstić information content (AvgIpc) is 3.06. The quantitative estimate of drug-likeness (QED) is 0.538. The molecular formula is C24H22BrFN4O3. The molecule has 0 N–H and O–H groups in total. The number of hydrogen-bond donors (Lipinski definition) is 0. The fraction of sp³-hybridized carbons (Fsp3) is 0.292. The van der Waals surface area contributed by atoms with Crippen LogP contribution in [-0.4, -0.2) is 52.7 Å². The first-order valence-corrected chi connectivity index (χ1v) is 11.4. The number of aromatic nitrogens is 2. The molecule has 0 saturated heterocycles. The van der Waals surface area contributed by atoms with E-state index in [1.165, 1.54) is 11.0 Å². The molecular weight excluding hydrogens is 491 g/mol. The zero-order valence-corrected chi connectivity index (χ0v) is 19.8. The lowest BCUT2D eigenvalue weighted by atomic mass is 10.0. The Balaban J connectivity index is 1.43. The van der Waals surface area contributed by atoms with Gasteiger partial charge in [-0.25, -0.2) is 4.39 Å². The van der Waals surface area contributed by atoms with E-state index in [0.29, 0.717) is 35.7 Å². The summed E-state index contributed by atoms with van der Waals surface area (Å²) in [6.45, 7) is 2.56. The van der Waals surface area contributed by atoms with Gasteiger partial charge in [-0.1, -0.05) is 34.1 Å². The van der Waals surface area contributed by atoms with Crippen molar-refractivity contribution in [2.24, 2.45) is 0 Å². The Morgan fingerprint density at radius 3 is 2.79 bits per heavy atom. The van der Waals surface area contributed by atoms with Crippen LogP contribution >= 0.6 is 15.9 Å². The van der Waals surface area contributed by atoms with Crippen molar-refractivity contribution in [1.29, 1.82) is 0 Å². The van der Waals surface area contributed by atoms with Crippen molar-refractivity contribution in [3.8, 4) is 5.75 Å². The van der Waals surface area contributed by atoms with E-state index in [-0.39, 0.29) is 30.8 Å². The van der Waals surface area contributed by atoms with Crippen LogP contribution in [0.2, 0.25) is 0 Å². The third-order valence-corrected chi connectivity index (χ3v) is 6.84. The molecule has 2 aliphatic rings. The number of rotatable bonds is 3. The molecule has 7 nitrogen and oxygen atoms in total. The van der Waals surface area contributed by atoms with Crippen molar-refractivity contribution in [2.45, 2.75) is 25.9 Å². The zero-order valence-electron chi connectivity index (χ0n) is 18.2. The summed E-state index contributed by atoms with van der Waals surface area (Å²) in [6.07, 6.45) is 0.566. The fourth-order valence-electron chi connectivity index (χ4n) is 4.45. The van der Waals surface area contributed by atoms with Gasteiger partial charge in [-0.2, -0.15) is 5.10 Å². The molecule has 0 spiro atoms. The monoisotopic (exact) mass is 512 g/mol. The minimum Gasteiger partial charge on any atom is -0.489 e. The van der Waals surface area contributed by atoms with Crippen LogP contribution in [0.4, 0.5) is 10.1 Å². The van der Waals surface area contributed by atoms with Crippen molar-refractivity contribution >= 4 is 33.4 Å². The maximum atomic E-state index is 14.2. The van der Waals surface area contributed by atoms with Crippen molar-refractivity contribution in [3.63, 3.8) is 0 Å². The first kappa shape index (κ1) is 21.6. The lowest BCUT2D eigenvalue weighted by molar-refractivity contribution is -0.123. The highest BCUT2D eigenvalue weighted by atomic mass is 79.9. The van der Waals surface area contributed by atoms with E-state index >= 15 is 0 Å². The second-order valence-corrected chi connectivity index (χ2v) is 9.16. The standard InChI is InChI=1S/C24H22BrFN4O3/c1-14-17-9-10-29(20-13-33-21-11-16(25)7-8-19(21)28(2)23(20)31)24(32)22(17)27-30(14)12-15-5-3-4-6-18(15)26/h3-8,11,20H,9-10,12-13H2,1-2H3/t20-/m0/s1. The summed E-state index contributed by atoms with van der Waals surface area (Å²) in [5.41, 5.74) is 3.15. The lowest BCUT2D eigenvalue weighted by Gasteiger charge is -2.33. The van der Waals surface area contributed by atoms with E-state index in [1.54, 1.807) is 34.8 Å². The van der Waals surface area contributed by atoms with Crippen LogP contribution in [0.25, 0.3) is 0 Å². The Kier molecular flexibility index (Phi) is 5.44. The normalized spacial score (nSPS) is 18.0. The van der Waals surface area contributed by atoms with Crippen LogP contribution in [0.5, 0.6) is 5.75 Å². The maximum Gasteiger partial charge on any atom is 0.275 e. The Labute approximate surface area is 198 Å². The van der Waals surface area contributed by atoms with Gasteiger partial charge in [-0.3, -0.25) is 14.3 Å². The minimum absolute atomic E-state index is 0.0582. The van der Waals surface area contributed by atoms with Gasteiger partial charge in [-0.15, -0.1) is 0 Å². The van der Waals surface area contributed by atoms with Crippen molar-refractivity contribution in [3.05, 3.63) is 75.3 Å². The molecule has 9 heteroatoms. The van der Waals surface area contributed by atoms with Gasteiger partial charge >= 0.3 is 0 Å². The lowest BCUT2D eigenvalue weighted by Crippen LogP contribution is -2.54. The molecule has 1 atom stereocenters. The maximum absolute atomic E-state index is 14.2. The summed E-state index contributed by atoms with van der Waals surface area (Å²) in [4.78, 5) is 29.8. The largest absolute Gasteiger partial charge is 0.489 e. The molecule has 0 fully saturated rings. The van der Waals surface area contributed by atoms with Gasteiger partial charge in [0.05, 0.1) is 12.2 Å². The Bertz CT molecular complexity index is 1270. The van der Waals surface area contributed by atoms with Gasteiger partial charge in [0.15, 0.2) is 5.69 Å². The number of carbonyl (C=O) groups is 2. The summed E-state index contributed by atoms with van der Waals surface area (Å²) in [6, 6.07) is 11.2. The van der Waals surface area contributed by atoms with Gasteiger partial charge in [0, 0.05) is 34.9 Å². The van der Waals surface area contributed by atoms with E-state index in [1.807, 2.05) is 25.1 Å². The predicted molar refractivity (Wildman–Crippen MR) is 124 cm³/mol. The first-order chi connectivity index (χ1) is 15.8. The number of hydrogen-bond acceptors (Lipinski definition) is 4. The molecule has 5 rings (SSSR count). The number of fused-ring (bicyclic) bond motifs is 2. The third kappa shape index (κ3) is 3.70. The van der Waals surface area contributed by atoms with Crippen LogP contribution in [0.3, 0.4) is 0 Å². The van der Waals surface area contributed by atoms with E-state index in [2.05, 4.69) is 21.0 Å². The van der Waals surface area contributed by atoms with Crippen LogP contribution in [0, 0.1) is 12.7 Å². The zero-order chi connectivity index (χ0) is 23.3. The molecule has 3 heterocycles. The van der Waals surface area contributed by atoms with Crippen LogP contribution in [-0.2, 0) is 17.8 Å². The minimum atomic E-state index is -0.765. The highest BCUT2D eigenvalue weighted by Gasteiger charge is 2.40. The van der Waals surface area contributed by atoms with Crippen molar-refractivity contribution < 1.29 is 18.7 Å². The molecule has 0 bridgehead atoms. The number of amides is 2. The van der Waals surface area contributed by atoms with Crippen molar-refractivity contribution in [2.75, 3.05) is 25.1 Å². The summed E-state index contributed by atoms with van der Waals surface area (Å²) in [5, 5.41) is 4.52. The number of carbonyl (C=O) groups excluding carboxylic acids is 2. The van der Waals surface area contributed by atoms with Gasteiger partial charge in [0.25, 0.3) is 11.8 Å². The summed E-state index contributed by atoms with van der Waals surface area (Å²) < 4.78 is 22.6. The van der Waals surface area contributed by atoms with Gasteiger partial charge < -0.3 is 14.5 Å². The summed E-state index contributed by atoms with van der Waals surface area (Å²) in [5.74, 6) is -0.254. The SMILES string of the molecule is Cc1c2c(nn1Cc1ccccc1F)C(=O)N([C@H]1COc3cc(Br)ccc3N(C)C1=O)CC2. The van der Waals surface area contributed by atoms with Crippen molar-refractivity contribution in [1.82, 2.24) is 14.7 Å². The molecule has 170 valence electrons. The van der Waals surface area contributed by atoms with E-state index < -0.39 is 6.04 Å². The fourth-order valence-corrected chi connectivity index (χ4v) is 4.79. The predicted octanol–water partition coefficient (Wildman–Crippen LogP) is 3.56. The Morgan fingerprint density at radius 1 is 1.21 bits per heavy atom. The van der Waals surface area contributed by atoms with Gasteiger partial charge in [0.1, 0.15) is 24.2 Å². The first-order valence-electron chi connectivity index (χ1n) is 10.7. The number of anilines is 1. The van der Waals surface area contributed by atoms with Gasteiger partial charge in [-0.05, 0) is 37.6 Å². The molecule has 2 aliphatic heterocycles. The third-order valence-electron chi connectivity index (χ3n) is 6.35. The topological polar surface area (TPSA) is 67.7 Å². The molecule has 1 aromatic heterocycles. The second-order valence-electron chi connectivity index (χ2n) is 8.25. The molecule has 33 heavy (non-hydrogen) atoms. The number of benzene rings is 2. The number of halogens is 2. The molecule has 2 aromatic carbocycles. The summed E-state index contributed by atoms with van der Waals surface area (Å²) >= 11 is 3.43. The van der Waals surface area contributed by atoms with Gasteiger partial charge in [0.2, 0.25) is 0 Å². The average molecular weight is 513 g/mol. The smallest absolute Gasteiger partial charge is 0.275 e. The second kappa shape index (κ2) is 8.30.